The number of nitrogens with zero attached hydrogens (tertiary/aromatic N) is 1. The summed E-state index contributed by atoms with van der Waals surface area (Å²) in [6.45, 7) is 2.03. The Balaban J connectivity index is 1.42. The number of carbonyl (C=O) groups excluding carboxylic acids is 2. The second kappa shape index (κ2) is 9.74. The smallest absolute Gasteiger partial charge is 0.321 e. The molecular weight excluding hydrogens is 486 g/mol. The van der Waals surface area contributed by atoms with Gasteiger partial charge < -0.3 is 10.6 Å². The van der Waals surface area contributed by atoms with Crippen LogP contribution in [0, 0.1) is 12.7 Å². The fraction of sp³-hybridized carbons (Fsp3) is 0.0870. The Hall–Kier alpha value is -3.20. The van der Waals surface area contributed by atoms with Crippen molar-refractivity contribution < 1.29 is 14.0 Å². The molecule has 3 aromatic carbocycles. The molecule has 0 bridgehead atoms. The summed E-state index contributed by atoms with van der Waals surface area (Å²) in [5, 5.41) is 8.99. The van der Waals surface area contributed by atoms with Gasteiger partial charge in [0.2, 0.25) is 0 Å². The lowest BCUT2D eigenvalue weighted by Crippen LogP contribution is -2.28. The zero-order valence-electron chi connectivity index (χ0n) is 17.2. The monoisotopic (exact) mass is 502 g/mol. The first-order valence-corrected chi connectivity index (χ1v) is 11.3. The van der Waals surface area contributed by atoms with E-state index in [0.29, 0.717) is 32.5 Å². The summed E-state index contributed by atoms with van der Waals surface area (Å²) in [5.74, 6) is -0.818. The molecule has 168 valence electrons. The van der Waals surface area contributed by atoms with Crippen LogP contribution in [0.5, 0.6) is 0 Å². The second-order valence-electron chi connectivity index (χ2n) is 7.14. The highest BCUT2D eigenvalue weighted by molar-refractivity contribution is 7.22. The molecule has 0 aliphatic carbocycles. The summed E-state index contributed by atoms with van der Waals surface area (Å²) < 4.78 is 14.0. The molecular formula is C23H17Cl2FN4O2S. The summed E-state index contributed by atoms with van der Waals surface area (Å²) in [4.78, 5) is 29.3. The summed E-state index contributed by atoms with van der Waals surface area (Å²) in [5.41, 5.74) is 3.16. The van der Waals surface area contributed by atoms with Crippen molar-refractivity contribution >= 4 is 67.5 Å². The zero-order chi connectivity index (χ0) is 23.5. The minimum atomic E-state index is -0.519. The topological polar surface area (TPSA) is 83.1 Å². The Labute approximate surface area is 202 Å². The highest BCUT2D eigenvalue weighted by atomic mass is 35.5. The number of para-hydroxylation sites is 1. The zero-order valence-corrected chi connectivity index (χ0v) is 19.5. The minimum Gasteiger partial charge on any atom is -0.334 e. The van der Waals surface area contributed by atoms with Gasteiger partial charge in [0.25, 0.3) is 5.91 Å². The number of fused-ring (bicyclic) bond motifs is 1. The second-order valence-corrected chi connectivity index (χ2v) is 8.99. The van der Waals surface area contributed by atoms with Gasteiger partial charge in [0.15, 0.2) is 5.13 Å². The fourth-order valence-electron chi connectivity index (χ4n) is 3.07. The molecule has 0 aliphatic heterocycles. The Morgan fingerprint density at radius 3 is 2.61 bits per heavy atom. The van der Waals surface area contributed by atoms with Gasteiger partial charge >= 0.3 is 6.03 Å². The van der Waals surface area contributed by atoms with E-state index in [0.717, 1.165) is 10.3 Å². The third-order valence-corrected chi connectivity index (χ3v) is 6.31. The van der Waals surface area contributed by atoms with E-state index in [2.05, 4.69) is 20.9 Å². The molecule has 0 radical (unpaired) electrons. The average molecular weight is 503 g/mol. The van der Waals surface area contributed by atoms with Crippen molar-refractivity contribution in [2.24, 2.45) is 0 Å². The number of halogens is 3. The molecule has 4 aromatic rings. The van der Waals surface area contributed by atoms with Crippen LogP contribution in [0.4, 0.5) is 20.0 Å². The molecule has 0 atom stereocenters. The first-order valence-electron chi connectivity index (χ1n) is 9.76. The third kappa shape index (κ3) is 5.42. The van der Waals surface area contributed by atoms with E-state index in [9.17, 15) is 14.0 Å². The highest BCUT2D eigenvalue weighted by Gasteiger charge is 2.14. The lowest BCUT2D eigenvalue weighted by atomic mass is 10.1. The molecule has 0 saturated heterocycles. The van der Waals surface area contributed by atoms with Crippen molar-refractivity contribution in [3.05, 3.63) is 87.2 Å². The Morgan fingerprint density at radius 2 is 1.85 bits per heavy atom. The van der Waals surface area contributed by atoms with Gasteiger partial charge in [0.05, 0.1) is 25.9 Å². The summed E-state index contributed by atoms with van der Waals surface area (Å²) in [6.07, 6.45) is 0. The van der Waals surface area contributed by atoms with Crippen LogP contribution in [0.1, 0.15) is 21.5 Å². The lowest BCUT2D eigenvalue weighted by molar-refractivity contribution is 0.102. The Bertz CT molecular complexity index is 1360. The van der Waals surface area contributed by atoms with E-state index >= 15 is 0 Å². The van der Waals surface area contributed by atoms with Crippen LogP contribution in [0.3, 0.4) is 0 Å². The lowest BCUT2D eigenvalue weighted by Gasteiger charge is -2.10. The van der Waals surface area contributed by atoms with Crippen LogP contribution < -0.4 is 16.0 Å². The number of amides is 3. The van der Waals surface area contributed by atoms with E-state index in [-0.39, 0.29) is 17.5 Å². The van der Waals surface area contributed by atoms with Gasteiger partial charge in [0, 0.05) is 12.1 Å². The number of benzene rings is 3. The number of thiazole rings is 1. The number of aryl methyl sites for hydroxylation is 1. The molecule has 0 aliphatic rings. The molecule has 33 heavy (non-hydrogen) atoms. The molecule has 10 heteroatoms. The number of hydrogen-bond acceptors (Lipinski definition) is 4. The van der Waals surface area contributed by atoms with E-state index in [1.165, 1.54) is 29.5 Å². The van der Waals surface area contributed by atoms with E-state index in [4.69, 9.17) is 23.2 Å². The van der Waals surface area contributed by atoms with Crippen molar-refractivity contribution in [1.82, 2.24) is 10.3 Å². The maximum absolute atomic E-state index is 13.2. The Morgan fingerprint density at radius 1 is 1.03 bits per heavy atom. The predicted molar refractivity (Wildman–Crippen MR) is 131 cm³/mol. The predicted octanol–water partition coefficient (Wildman–Crippen LogP) is 6.62. The maximum atomic E-state index is 13.2. The maximum Gasteiger partial charge on any atom is 0.321 e. The number of nitrogens with one attached hydrogen (secondary N) is 3. The quantitative estimate of drug-likeness (QED) is 0.286. The molecule has 0 saturated carbocycles. The number of rotatable bonds is 5. The first-order chi connectivity index (χ1) is 15.8. The third-order valence-electron chi connectivity index (χ3n) is 4.77. The molecule has 6 nitrogen and oxygen atoms in total. The van der Waals surface area contributed by atoms with Crippen LogP contribution in [0.25, 0.3) is 10.2 Å². The van der Waals surface area contributed by atoms with Gasteiger partial charge in [-0.1, -0.05) is 52.7 Å². The van der Waals surface area contributed by atoms with Gasteiger partial charge in [-0.05, 0) is 54.4 Å². The SMILES string of the molecule is Cc1cccc(Cl)c1NC(=O)c1ccc2nc(NC(=O)NCc3ccc(F)c(Cl)c3)sc2c1. The van der Waals surface area contributed by atoms with Crippen molar-refractivity contribution in [2.75, 3.05) is 10.6 Å². The van der Waals surface area contributed by atoms with E-state index in [1.807, 2.05) is 19.1 Å². The van der Waals surface area contributed by atoms with Crippen molar-refractivity contribution in [3.63, 3.8) is 0 Å². The normalized spacial score (nSPS) is 10.8. The molecule has 1 aromatic heterocycles. The van der Waals surface area contributed by atoms with Crippen molar-refractivity contribution in [3.8, 4) is 0 Å². The summed E-state index contributed by atoms with van der Waals surface area (Å²) >= 11 is 13.2. The van der Waals surface area contributed by atoms with Gasteiger partial charge in [0.1, 0.15) is 5.82 Å². The Kier molecular flexibility index (Phi) is 6.78. The molecule has 0 spiro atoms. The standard InChI is InChI=1S/C23H17Cl2FN4O2S/c1-12-3-2-4-15(24)20(12)29-21(31)14-6-8-18-19(10-14)33-23(28-18)30-22(32)27-11-13-5-7-17(26)16(25)9-13/h2-10H,11H2,1H3,(H,29,31)(H2,27,28,30,32). The number of anilines is 2. The van der Waals surface area contributed by atoms with Crippen LogP contribution in [0.15, 0.2) is 54.6 Å². The summed E-state index contributed by atoms with van der Waals surface area (Å²) in [7, 11) is 0. The molecule has 3 N–H and O–H groups in total. The molecule has 0 fully saturated rings. The number of carbonyl (C=O) groups is 2. The molecule has 0 unspecified atom stereocenters. The average Bonchev–Trinajstić information content (AvgIpc) is 3.18. The van der Waals surface area contributed by atoms with Crippen molar-refractivity contribution in [1.29, 1.82) is 0 Å². The van der Waals surface area contributed by atoms with E-state index < -0.39 is 11.8 Å². The number of urea groups is 1. The van der Waals surface area contributed by atoms with Gasteiger partial charge in [-0.3, -0.25) is 10.1 Å². The van der Waals surface area contributed by atoms with Crippen LogP contribution in [0.2, 0.25) is 10.0 Å². The van der Waals surface area contributed by atoms with Crippen LogP contribution >= 0.6 is 34.5 Å². The first kappa shape index (κ1) is 23.0. The van der Waals surface area contributed by atoms with Crippen LogP contribution in [-0.2, 0) is 6.54 Å². The van der Waals surface area contributed by atoms with Crippen LogP contribution in [-0.4, -0.2) is 16.9 Å². The fourth-order valence-corrected chi connectivity index (χ4v) is 4.44. The summed E-state index contributed by atoms with van der Waals surface area (Å²) in [6, 6.07) is 14.2. The molecule has 3 amide bonds. The van der Waals surface area contributed by atoms with Crippen molar-refractivity contribution in [2.45, 2.75) is 13.5 Å². The number of aromatic nitrogens is 1. The molecule has 4 rings (SSSR count). The number of hydrogen-bond donors (Lipinski definition) is 3. The van der Waals surface area contributed by atoms with Gasteiger partial charge in [-0.15, -0.1) is 0 Å². The van der Waals surface area contributed by atoms with E-state index in [1.54, 1.807) is 24.3 Å². The van der Waals surface area contributed by atoms with Gasteiger partial charge in [-0.25, -0.2) is 14.2 Å². The van der Waals surface area contributed by atoms with Gasteiger partial charge in [-0.2, -0.15) is 0 Å². The largest absolute Gasteiger partial charge is 0.334 e. The highest BCUT2D eigenvalue weighted by Crippen LogP contribution is 2.29. The minimum absolute atomic E-state index is 0.00887. The molecule has 1 heterocycles.